The summed E-state index contributed by atoms with van der Waals surface area (Å²) in [5.74, 6) is -0.0872. The van der Waals surface area contributed by atoms with Gasteiger partial charge in [0.1, 0.15) is 0 Å². The Labute approximate surface area is 110 Å². The van der Waals surface area contributed by atoms with Gasteiger partial charge in [-0.05, 0) is 31.9 Å². The summed E-state index contributed by atoms with van der Waals surface area (Å²) >= 11 is 3.71. The van der Waals surface area contributed by atoms with Crippen molar-refractivity contribution in [2.75, 3.05) is 6.61 Å². The normalized spacial score (nSPS) is 28.9. The van der Waals surface area contributed by atoms with Crippen molar-refractivity contribution >= 4 is 21.9 Å². The second-order valence-corrected chi connectivity index (χ2v) is 5.60. The first-order valence-electron chi connectivity index (χ1n) is 6.17. The number of nitrogens with zero attached hydrogens (tertiary/aromatic N) is 1. The zero-order chi connectivity index (χ0) is 12.3. The second-order valence-electron chi connectivity index (χ2n) is 4.43. The average Bonchev–Trinajstić information content (AvgIpc) is 2.82. The zero-order valence-corrected chi connectivity index (χ0v) is 11.6. The van der Waals surface area contributed by atoms with Crippen molar-refractivity contribution in [3.8, 4) is 0 Å². The molecule has 0 aromatic carbocycles. The van der Waals surface area contributed by atoms with Crippen LogP contribution in [0.1, 0.15) is 32.2 Å². The molecule has 2 rings (SSSR count). The van der Waals surface area contributed by atoms with E-state index in [0.717, 1.165) is 19.3 Å². The minimum atomic E-state index is -0.0599. The van der Waals surface area contributed by atoms with Crippen LogP contribution in [0.4, 0.5) is 0 Å². The van der Waals surface area contributed by atoms with Crippen molar-refractivity contribution in [1.29, 1.82) is 0 Å². The zero-order valence-electron chi connectivity index (χ0n) is 10.0. The highest BCUT2D eigenvalue weighted by atomic mass is 79.9. The van der Waals surface area contributed by atoms with Crippen molar-refractivity contribution in [3.63, 3.8) is 0 Å². The van der Waals surface area contributed by atoms with Crippen LogP contribution in [0.15, 0.2) is 24.5 Å². The molecule has 1 aromatic heterocycles. The standard InChI is InChI=1S/C13H18BrNO2/c1-2-17-13(16)10-6-5-7-11(14)12(10)15-8-3-4-9-15/h3-4,8-12H,2,5-7H2,1H3/t10-,11+,12-/m0/s1. The second kappa shape index (κ2) is 5.71. The van der Waals surface area contributed by atoms with Crippen LogP contribution in [0.3, 0.4) is 0 Å². The third kappa shape index (κ3) is 2.73. The number of carbonyl (C=O) groups excluding carboxylic acids is 1. The Morgan fingerprint density at radius 3 is 2.76 bits per heavy atom. The number of rotatable bonds is 3. The minimum Gasteiger partial charge on any atom is -0.466 e. The van der Waals surface area contributed by atoms with E-state index in [4.69, 9.17) is 4.74 Å². The van der Waals surface area contributed by atoms with E-state index < -0.39 is 0 Å². The van der Waals surface area contributed by atoms with Crippen LogP contribution in [0, 0.1) is 5.92 Å². The van der Waals surface area contributed by atoms with Gasteiger partial charge in [-0.15, -0.1) is 0 Å². The van der Waals surface area contributed by atoms with Gasteiger partial charge in [0.2, 0.25) is 0 Å². The van der Waals surface area contributed by atoms with Crippen LogP contribution >= 0.6 is 15.9 Å². The lowest BCUT2D eigenvalue weighted by Gasteiger charge is -2.35. The van der Waals surface area contributed by atoms with Gasteiger partial charge in [0.05, 0.1) is 18.6 Å². The Morgan fingerprint density at radius 1 is 1.41 bits per heavy atom. The molecule has 0 unspecified atom stereocenters. The molecule has 1 fully saturated rings. The fourth-order valence-corrected chi connectivity index (χ4v) is 3.54. The molecule has 1 aliphatic carbocycles. The predicted octanol–water partition coefficient (Wildman–Crippen LogP) is 3.16. The van der Waals surface area contributed by atoms with Crippen molar-refractivity contribution in [2.45, 2.75) is 37.1 Å². The lowest BCUT2D eigenvalue weighted by atomic mass is 9.84. The molecule has 1 aliphatic rings. The summed E-state index contributed by atoms with van der Waals surface area (Å²) in [5.41, 5.74) is 0. The molecule has 3 atom stereocenters. The summed E-state index contributed by atoms with van der Waals surface area (Å²) in [6.07, 6.45) is 7.16. The Bertz CT molecular complexity index is 364. The molecule has 1 aromatic rings. The summed E-state index contributed by atoms with van der Waals surface area (Å²) in [5, 5.41) is 0. The predicted molar refractivity (Wildman–Crippen MR) is 70.2 cm³/mol. The van der Waals surface area contributed by atoms with E-state index in [9.17, 15) is 4.79 Å². The van der Waals surface area contributed by atoms with E-state index in [1.54, 1.807) is 0 Å². The van der Waals surface area contributed by atoms with Gasteiger partial charge in [0.15, 0.2) is 0 Å². The van der Waals surface area contributed by atoms with E-state index >= 15 is 0 Å². The smallest absolute Gasteiger partial charge is 0.311 e. The van der Waals surface area contributed by atoms with Gasteiger partial charge in [-0.25, -0.2) is 0 Å². The van der Waals surface area contributed by atoms with E-state index in [0.29, 0.717) is 11.4 Å². The third-order valence-corrected chi connectivity index (χ3v) is 4.34. The van der Waals surface area contributed by atoms with Crippen LogP contribution in [-0.2, 0) is 9.53 Å². The molecule has 94 valence electrons. The Morgan fingerprint density at radius 2 is 2.12 bits per heavy atom. The maximum Gasteiger partial charge on any atom is 0.311 e. The summed E-state index contributed by atoms with van der Waals surface area (Å²) in [6, 6.07) is 4.17. The quantitative estimate of drug-likeness (QED) is 0.634. The van der Waals surface area contributed by atoms with Crippen molar-refractivity contribution < 1.29 is 9.53 Å². The first kappa shape index (κ1) is 12.7. The molecular weight excluding hydrogens is 282 g/mol. The summed E-state index contributed by atoms with van der Waals surface area (Å²) in [6.45, 7) is 2.32. The van der Waals surface area contributed by atoms with E-state index in [2.05, 4.69) is 20.5 Å². The van der Waals surface area contributed by atoms with Gasteiger partial charge >= 0.3 is 5.97 Å². The summed E-state index contributed by atoms with van der Waals surface area (Å²) in [7, 11) is 0. The molecule has 0 radical (unpaired) electrons. The Hall–Kier alpha value is -0.770. The van der Waals surface area contributed by atoms with Gasteiger partial charge in [0.25, 0.3) is 0 Å². The Kier molecular flexibility index (Phi) is 4.26. The molecule has 17 heavy (non-hydrogen) atoms. The summed E-state index contributed by atoms with van der Waals surface area (Å²) < 4.78 is 7.31. The lowest BCUT2D eigenvalue weighted by molar-refractivity contribution is -0.150. The highest BCUT2D eigenvalue weighted by molar-refractivity contribution is 9.09. The van der Waals surface area contributed by atoms with Gasteiger partial charge < -0.3 is 9.30 Å². The highest BCUT2D eigenvalue weighted by Gasteiger charge is 2.38. The van der Waals surface area contributed by atoms with Crippen LogP contribution in [0.25, 0.3) is 0 Å². The molecule has 0 bridgehead atoms. The van der Waals surface area contributed by atoms with Crippen molar-refractivity contribution in [1.82, 2.24) is 4.57 Å². The molecule has 0 spiro atoms. The number of halogens is 1. The van der Waals surface area contributed by atoms with Gasteiger partial charge in [0, 0.05) is 17.2 Å². The first-order valence-corrected chi connectivity index (χ1v) is 7.08. The fraction of sp³-hybridized carbons (Fsp3) is 0.615. The maximum atomic E-state index is 12.0. The van der Waals surface area contributed by atoms with Crippen molar-refractivity contribution in [3.05, 3.63) is 24.5 Å². The molecule has 4 heteroatoms. The van der Waals surface area contributed by atoms with Crippen LogP contribution in [-0.4, -0.2) is 22.0 Å². The minimum absolute atomic E-state index is 0.0273. The van der Waals surface area contributed by atoms with Crippen LogP contribution in [0.2, 0.25) is 0 Å². The molecule has 3 nitrogen and oxygen atoms in total. The van der Waals surface area contributed by atoms with Gasteiger partial charge in [-0.1, -0.05) is 22.4 Å². The van der Waals surface area contributed by atoms with E-state index in [1.807, 2.05) is 31.5 Å². The van der Waals surface area contributed by atoms with Gasteiger partial charge in [-0.2, -0.15) is 0 Å². The summed E-state index contributed by atoms with van der Waals surface area (Å²) in [4.78, 5) is 12.3. The number of carbonyl (C=O) groups is 1. The fourth-order valence-electron chi connectivity index (χ4n) is 2.57. The first-order chi connectivity index (χ1) is 8.24. The van der Waals surface area contributed by atoms with E-state index in [1.165, 1.54) is 0 Å². The number of esters is 1. The Balaban J connectivity index is 2.19. The van der Waals surface area contributed by atoms with Crippen LogP contribution < -0.4 is 0 Å². The average molecular weight is 300 g/mol. The molecule has 0 N–H and O–H groups in total. The molecule has 1 heterocycles. The molecule has 1 saturated carbocycles. The van der Waals surface area contributed by atoms with Crippen molar-refractivity contribution in [2.24, 2.45) is 5.92 Å². The highest BCUT2D eigenvalue weighted by Crippen LogP contribution is 2.39. The topological polar surface area (TPSA) is 31.2 Å². The molecular formula is C13H18BrNO2. The molecule has 0 aliphatic heterocycles. The molecule has 0 saturated heterocycles. The number of hydrogen-bond donors (Lipinski definition) is 0. The van der Waals surface area contributed by atoms with E-state index in [-0.39, 0.29) is 17.9 Å². The largest absolute Gasteiger partial charge is 0.466 e. The molecule has 0 amide bonds. The number of aromatic nitrogens is 1. The monoisotopic (exact) mass is 299 g/mol. The van der Waals surface area contributed by atoms with Gasteiger partial charge in [-0.3, -0.25) is 4.79 Å². The third-order valence-electron chi connectivity index (χ3n) is 3.34. The SMILES string of the molecule is CCOC(=O)[C@H]1CCC[C@@H](Br)[C@H]1n1cccc1. The maximum absolute atomic E-state index is 12.0. The lowest BCUT2D eigenvalue weighted by Crippen LogP contribution is -2.36. The number of hydrogen-bond acceptors (Lipinski definition) is 2. The van der Waals surface area contributed by atoms with Crippen LogP contribution in [0.5, 0.6) is 0 Å². The number of alkyl halides is 1. The number of ether oxygens (including phenoxy) is 1.